The van der Waals surface area contributed by atoms with E-state index in [0.29, 0.717) is 33.7 Å². The topological polar surface area (TPSA) is 118 Å². The number of rotatable bonds is 5. The second-order valence-corrected chi connectivity index (χ2v) is 10.6. The molecule has 30 heavy (non-hydrogen) atoms. The number of hydrogen-bond donors (Lipinski definition) is 2. The van der Waals surface area contributed by atoms with Gasteiger partial charge in [0, 0.05) is 27.6 Å². The Labute approximate surface area is 174 Å². The maximum absolute atomic E-state index is 12.1. The van der Waals surface area contributed by atoms with Crippen LogP contribution in [0.5, 0.6) is 5.75 Å². The lowest BCUT2D eigenvalue weighted by atomic mass is 9.92. The molecule has 158 valence electrons. The van der Waals surface area contributed by atoms with Crippen LogP contribution in [-0.2, 0) is 20.2 Å². The van der Waals surface area contributed by atoms with Crippen molar-refractivity contribution in [2.24, 2.45) is 5.92 Å². The van der Waals surface area contributed by atoms with E-state index in [9.17, 15) is 25.9 Å². The van der Waals surface area contributed by atoms with Gasteiger partial charge < -0.3 is 4.74 Å². The summed E-state index contributed by atoms with van der Waals surface area (Å²) in [6.45, 7) is 5.92. The van der Waals surface area contributed by atoms with Gasteiger partial charge in [-0.1, -0.05) is 32.0 Å². The first-order valence-corrected chi connectivity index (χ1v) is 12.1. The van der Waals surface area contributed by atoms with Gasteiger partial charge in [0.25, 0.3) is 20.2 Å². The summed E-state index contributed by atoms with van der Waals surface area (Å²) in [5, 5.41) is 2.73. The predicted octanol–water partition coefficient (Wildman–Crippen LogP) is 4.42. The highest BCUT2D eigenvalue weighted by atomic mass is 32.2. The first kappa shape index (κ1) is 20.8. The third-order valence-corrected chi connectivity index (χ3v) is 6.91. The van der Waals surface area contributed by atoms with Crippen LogP contribution in [0.3, 0.4) is 0 Å². The molecular formula is C21H20O7S2. The van der Waals surface area contributed by atoms with Gasteiger partial charge >= 0.3 is 0 Å². The van der Waals surface area contributed by atoms with Crippen molar-refractivity contribution in [3.63, 3.8) is 0 Å². The van der Waals surface area contributed by atoms with Crippen LogP contribution in [0.1, 0.15) is 19.4 Å². The lowest BCUT2D eigenvalue weighted by Crippen LogP contribution is -2.07. The zero-order chi connectivity index (χ0) is 22.0. The second-order valence-electron chi connectivity index (χ2n) is 7.79. The molecule has 0 fully saturated rings. The molecular weight excluding hydrogens is 428 g/mol. The molecule has 4 rings (SSSR count). The van der Waals surface area contributed by atoms with Gasteiger partial charge in [0.05, 0.1) is 6.61 Å². The van der Waals surface area contributed by atoms with Gasteiger partial charge in [0.1, 0.15) is 15.5 Å². The second kappa shape index (κ2) is 6.78. The van der Waals surface area contributed by atoms with Crippen LogP contribution >= 0.6 is 0 Å². The standard InChI is InChI=1S/C21H20O7S2/c1-11(2)10-28-17-9-19(30(25,26)27)16-7-6-15-18(29(22,23)24)8-12(3)13-4-5-14(17)21(16)20(13)15/h4-9,11H,10H2,1-3H3,(H,22,23,24)(H,25,26,27). The Kier molecular flexibility index (Phi) is 4.70. The third kappa shape index (κ3) is 3.27. The molecule has 0 aliphatic rings. The molecule has 0 aromatic heterocycles. The number of benzene rings is 4. The quantitative estimate of drug-likeness (QED) is 0.343. The van der Waals surface area contributed by atoms with Crippen molar-refractivity contribution in [3.8, 4) is 5.75 Å². The molecule has 0 atom stereocenters. The summed E-state index contributed by atoms with van der Waals surface area (Å²) < 4.78 is 73.7. The molecule has 2 N–H and O–H groups in total. The van der Waals surface area contributed by atoms with E-state index < -0.39 is 20.2 Å². The van der Waals surface area contributed by atoms with E-state index >= 15 is 0 Å². The fourth-order valence-corrected chi connectivity index (χ4v) is 5.35. The Bertz CT molecular complexity index is 1520. The van der Waals surface area contributed by atoms with Crippen molar-refractivity contribution in [3.05, 3.63) is 42.0 Å². The maximum atomic E-state index is 12.1. The van der Waals surface area contributed by atoms with Gasteiger partial charge in [-0.3, -0.25) is 9.11 Å². The van der Waals surface area contributed by atoms with Gasteiger partial charge in [-0.25, -0.2) is 0 Å². The van der Waals surface area contributed by atoms with Crippen LogP contribution in [-0.4, -0.2) is 32.5 Å². The summed E-state index contributed by atoms with van der Waals surface area (Å²) in [6, 6.07) is 9.14. The van der Waals surface area contributed by atoms with Crippen LogP contribution in [0.25, 0.3) is 32.3 Å². The highest BCUT2D eigenvalue weighted by molar-refractivity contribution is 7.86. The molecule has 4 aromatic carbocycles. The average molecular weight is 449 g/mol. The Morgan fingerprint density at radius 1 is 0.800 bits per heavy atom. The Hall–Kier alpha value is -2.46. The Morgan fingerprint density at radius 2 is 1.27 bits per heavy atom. The monoisotopic (exact) mass is 448 g/mol. The van der Waals surface area contributed by atoms with E-state index in [-0.39, 0.29) is 32.2 Å². The average Bonchev–Trinajstić information content (AvgIpc) is 2.63. The van der Waals surface area contributed by atoms with E-state index in [2.05, 4.69) is 0 Å². The first-order chi connectivity index (χ1) is 13.9. The summed E-state index contributed by atoms with van der Waals surface area (Å²) in [7, 11) is -9.10. The van der Waals surface area contributed by atoms with Gasteiger partial charge in [-0.2, -0.15) is 16.8 Å². The SMILES string of the molecule is Cc1cc(S(=O)(=O)O)c2ccc3c(S(=O)(=O)O)cc(OCC(C)C)c4ccc1c2c43. The highest BCUT2D eigenvalue weighted by Crippen LogP contribution is 2.44. The summed E-state index contributed by atoms with van der Waals surface area (Å²) in [5.41, 5.74) is 0.603. The van der Waals surface area contributed by atoms with Crippen LogP contribution in [0.15, 0.2) is 46.2 Å². The van der Waals surface area contributed by atoms with Crippen molar-refractivity contribution in [1.29, 1.82) is 0 Å². The van der Waals surface area contributed by atoms with E-state index in [1.165, 1.54) is 24.3 Å². The molecule has 0 aliphatic carbocycles. The zero-order valence-corrected chi connectivity index (χ0v) is 18.1. The molecule has 0 spiro atoms. The molecule has 0 aliphatic heterocycles. The summed E-state index contributed by atoms with van der Waals surface area (Å²) in [4.78, 5) is -0.582. The fraction of sp³-hybridized carbons (Fsp3) is 0.238. The van der Waals surface area contributed by atoms with Crippen molar-refractivity contribution in [2.75, 3.05) is 6.61 Å². The predicted molar refractivity (Wildman–Crippen MR) is 115 cm³/mol. The van der Waals surface area contributed by atoms with Crippen LogP contribution in [0.2, 0.25) is 0 Å². The summed E-state index contributed by atoms with van der Waals surface area (Å²) in [5.74, 6) is 0.444. The van der Waals surface area contributed by atoms with Crippen molar-refractivity contribution >= 4 is 52.6 Å². The van der Waals surface area contributed by atoms with E-state index in [4.69, 9.17) is 4.74 Å². The molecule has 7 nitrogen and oxygen atoms in total. The molecule has 0 unspecified atom stereocenters. The molecule has 0 radical (unpaired) electrons. The minimum atomic E-state index is -4.59. The van der Waals surface area contributed by atoms with Gasteiger partial charge in [-0.05, 0) is 41.3 Å². The van der Waals surface area contributed by atoms with Crippen molar-refractivity contribution in [1.82, 2.24) is 0 Å². The minimum Gasteiger partial charge on any atom is -0.493 e. The van der Waals surface area contributed by atoms with E-state index in [1.54, 1.807) is 13.0 Å². The Balaban J connectivity index is 2.28. The molecule has 4 aromatic rings. The smallest absolute Gasteiger partial charge is 0.295 e. The molecule has 0 bridgehead atoms. The zero-order valence-electron chi connectivity index (χ0n) is 16.5. The highest BCUT2D eigenvalue weighted by Gasteiger charge is 2.25. The van der Waals surface area contributed by atoms with Gasteiger partial charge in [0.2, 0.25) is 0 Å². The largest absolute Gasteiger partial charge is 0.493 e. The van der Waals surface area contributed by atoms with Crippen molar-refractivity contribution in [2.45, 2.75) is 30.6 Å². The van der Waals surface area contributed by atoms with E-state index in [0.717, 1.165) is 0 Å². The fourth-order valence-electron chi connectivity index (χ4n) is 3.87. The third-order valence-electron chi connectivity index (χ3n) is 5.12. The summed E-state index contributed by atoms with van der Waals surface area (Å²) in [6.07, 6.45) is 0. The molecule has 0 saturated heterocycles. The van der Waals surface area contributed by atoms with Crippen LogP contribution in [0, 0.1) is 12.8 Å². The molecule has 0 amide bonds. The van der Waals surface area contributed by atoms with Gasteiger partial charge in [0.15, 0.2) is 0 Å². The van der Waals surface area contributed by atoms with Crippen LogP contribution < -0.4 is 4.74 Å². The molecule has 9 heteroatoms. The maximum Gasteiger partial charge on any atom is 0.295 e. The molecule has 0 saturated carbocycles. The lowest BCUT2D eigenvalue weighted by Gasteiger charge is -2.19. The number of hydrogen-bond acceptors (Lipinski definition) is 5. The lowest BCUT2D eigenvalue weighted by molar-refractivity contribution is 0.273. The normalized spacial score (nSPS) is 13.1. The van der Waals surface area contributed by atoms with E-state index in [1.807, 2.05) is 19.9 Å². The van der Waals surface area contributed by atoms with Crippen molar-refractivity contribution < 1.29 is 30.7 Å². The van der Waals surface area contributed by atoms with Crippen LogP contribution in [0.4, 0.5) is 0 Å². The molecule has 0 heterocycles. The summed E-state index contributed by atoms with van der Waals surface area (Å²) >= 11 is 0. The first-order valence-electron chi connectivity index (χ1n) is 9.22. The minimum absolute atomic E-state index is 0.172. The van der Waals surface area contributed by atoms with Gasteiger partial charge in [-0.15, -0.1) is 0 Å². The Morgan fingerprint density at radius 3 is 1.80 bits per heavy atom. The number of ether oxygens (including phenoxy) is 1. The number of aryl methyl sites for hydroxylation is 1.